The molecule has 0 unspecified atom stereocenters. The molecule has 0 aliphatic heterocycles. The third kappa shape index (κ3) is 1.59. The van der Waals surface area contributed by atoms with E-state index in [0.717, 1.165) is 9.90 Å². The summed E-state index contributed by atoms with van der Waals surface area (Å²) in [5, 5.41) is 8.28. The fourth-order valence-electron chi connectivity index (χ4n) is 2.21. The van der Waals surface area contributed by atoms with Gasteiger partial charge in [-0.05, 0) is 13.0 Å². The van der Waals surface area contributed by atoms with Gasteiger partial charge in [0, 0.05) is 12.4 Å². The normalized spacial score (nSPS) is 11.1. The van der Waals surface area contributed by atoms with Crippen LogP contribution in [0.3, 0.4) is 0 Å². The quantitative estimate of drug-likeness (QED) is 0.643. The summed E-state index contributed by atoms with van der Waals surface area (Å²) in [5.74, 6) is -0.582. The molecule has 0 atom stereocenters. The number of carbonyl (C=O) groups excluding carboxylic acids is 1. The van der Waals surface area contributed by atoms with Crippen molar-refractivity contribution in [1.29, 1.82) is 0 Å². The van der Waals surface area contributed by atoms with Gasteiger partial charge in [-0.1, -0.05) is 23.4 Å². The van der Waals surface area contributed by atoms with E-state index in [1.54, 1.807) is 20.0 Å². The molecular formula is C13H12N4O3. The predicted molar refractivity (Wildman–Crippen MR) is 71.7 cm³/mol. The van der Waals surface area contributed by atoms with Crippen LogP contribution in [-0.4, -0.2) is 32.0 Å². The summed E-state index contributed by atoms with van der Waals surface area (Å²) >= 11 is 0. The SMILES string of the molecule is CCOC(=O)c1nnn2c(=O)n(C)c3ccccc3c12. The van der Waals surface area contributed by atoms with Crippen molar-refractivity contribution in [1.82, 2.24) is 19.4 Å². The summed E-state index contributed by atoms with van der Waals surface area (Å²) in [6, 6.07) is 7.27. The van der Waals surface area contributed by atoms with Gasteiger partial charge in [0.15, 0.2) is 5.69 Å². The molecule has 0 spiro atoms. The van der Waals surface area contributed by atoms with Crippen LogP contribution < -0.4 is 5.69 Å². The van der Waals surface area contributed by atoms with E-state index in [9.17, 15) is 9.59 Å². The van der Waals surface area contributed by atoms with Crippen LogP contribution in [0.15, 0.2) is 29.1 Å². The van der Waals surface area contributed by atoms with Crippen LogP contribution in [0.4, 0.5) is 0 Å². The Bertz CT molecular complexity index is 878. The van der Waals surface area contributed by atoms with Crippen LogP contribution in [-0.2, 0) is 11.8 Å². The van der Waals surface area contributed by atoms with Crippen molar-refractivity contribution in [3.05, 3.63) is 40.4 Å². The lowest BCUT2D eigenvalue weighted by Gasteiger charge is -2.06. The van der Waals surface area contributed by atoms with E-state index in [4.69, 9.17) is 4.74 Å². The van der Waals surface area contributed by atoms with Gasteiger partial charge in [0.1, 0.15) is 5.52 Å². The number of aromatic nitrogens is 4. The number of esters is 1. The topological polar surface area (TPSA) is 78.5 Å². The van der Waals surface area contributed by atoms with Crippen LogP contribution in [0.25, 0.3) is 16.4 Å². The fourth-order valence-corrected chi connectivity index (χ4v) is 2.21. The molecule has 2 heterocycles. The number of benzene rings is 1. The number of fused-ring (bicyclic) bond motifs is 3. The molecule has 3 rings (SSSR count). The Morgan fingerprint density at radius 2 is 2.10 bits per heavy atom. The predicted octanol–water partition coefficient (Wildman–Crippen LogP) is 0.758. The molecule has 102 valence electrons. The van der Waals surface area contributed by atoms with E-state index >= 15 is 0 Å². The number of para-hydroxylation sites is 1. The monoisotopic (exact) mass is 272 g/mol. The maximum Gasteiger partial charge on any atom is 0.361 e. The Balaban J connectivity index is 2.48. The molecule has 0 saturated carbocycles. The lowest BCUT2D eigenvalue weighted by molar-refractivity contribution is 0.0522. The number of hydrogen-bond acceptors (Lipinski definition) is 5. The number of carbonyl (C=O) groups is 1. The minimum absolute atomic E-state index is 0.0562. The van der Waals surface area contributed by atoms with Crippen molar-refractivity contribution in [3.8, 4) is 0 Å². The van der Waals surface area contributed by atoms with Gasteiger partial charge >= 0.3 is 11.7 Å². The molecule has 0 N–H and O–H groups in total. The lowest BCUT2D eigenvalue weighted by atomic mass is 10.2. The van der Waals surface area contributed by atoms with Crippen LogP contribution in [0.5, 0.6) is 0 Å². The Labute approximate surface area is 113 Å². The highest BCUT2D eigenvalue weighted by Crippen LogP contribution is 2.20. The van der Waals surface area contributed by atoms with Gasteiger partial charge < -0.3 is 4.74 Å². The van der Waals surface area contributed by atoms with E-state index in [1.165, 1.54) is 4.57 Å². The Kier molecular flexibility index (Phi) is 2.74. The summed E-state index contributed by atoms with van der Waals surface area (Å²) < 4.78 is 7.53. The average molecular weight is 272 g/mol. The van der Waals surface area contributed by atoms with Crippen LogP contribution in [0.1, 0.15) is 17.4 Å². The number of hydrogen-bond donors (Lipinski definition) is 0. The zero-order chi connectivity index (χ0) is 14.3. The second-order valence-corrected chi connectivity index (χ2v) is 4.28. The first-order valence-electron chi connectivity index (χ1n) is 6.15. The third-order valence-electron chi connectivity index (χ3n) is 3.13. The van der Waals surface area contributed by atoms with E-state index in [2.05, 4.69) is 10.3 Å². The zero-order valence-corrected chi connectivity index (χ0v) is 11.0. The molecule has 0 radical (unpaired) electrons. The zero-order valence-electron chi connectivity index (χ0n) is 11.0. The third-order valence-corrected chi connectivity index (χ3v) is 3.13. The number of ether oxygens (including phenoxy) is 1. The van der Waals surface area contributed by atoms with Gasteiger partial charge in [0.25, 0.3) is 0 Å². The molecule has 0 saturated heterocycles. The average Bonchev–Trinajstić information content (AvgIpc) is 2.90. The first kappa shape index (κ1) is 12.3. The molecule has 20 heavy (non-hydrogen) atoms. The van der Waals surface area contributed by atoms with Crippen molar-refractivity contribution < 1.29 is 9.53 Å². The second-order valence-electron chi connectivity index (χ2n) is 4.28. The van der Waals surface area contributed by atoms with Crippen LogP contribution in [0.2, 0.25) is 0 Å². The molecule has 0 amide bonds. The smallest absolute Gasteiger partial charge is 0.361 e. The summed E-state index contributed by atoms with van der Waals surface area (Å²) in [7, 11) is 1.65. The molecule has 0 aliphatic rings. The minimum Gasteiger partial charge on any atom is -0.461 e. The first-order chi connectivity index (χ1) is 9.65. The molecular weight excluding hydrogens is 260 g/mol. The summed E-state index contributed by atoms with van der Waals surface area (Å²) in [6.45, 7) is 1.95. The Morgan fingerprint density at radius 3 is 2.85 bits per heavy atom. The maximum absolute atomic E-state index is 12.2. The first-order valence-corrected chi connectivity index (χ1v) is 6.15. The van der Waals surface area contributed by atoms with E-state index in [1.807, 2.05) is 18.2 Å². The Hall–Kier alpha value is -2.70. The second kappa shape index (κ2) is 4.44. The molecule has 2 aromatic heterocycles. The highest BCUT2D eigenvalue weighted by Gasteiger charge is 2.20. The highest BCUT2D eigenvalue weighted by atomic mass is 16.5. The van der Waals surface area contributed by atoms with Crippen LogP contribution >= 0.6 is 0 Å². The standard InChI is InChI=1S/C13H12N4O3/c1-3-20-12(18)10-11-8-6-4-5-7-9(8)16(2)13(19)17(11)15-14-10/h4-7H,3H2,1-2H3. The van der Waals surface area contributed by atoms with Gasteiger partial charge in [-0.2, -0.15) is 4.52 Å². The molecule has 3 aromatic rings. The Morgan fingerprint density at radius 1 is 1.35 bits per heavy atom. The van der Waals surface area contributed by atoms with Gasteiger partial charge in [0.2, 0.25) is 0 Å². The largest absolute Gasteiger partial charge is 0.461 e. The molecule has 7 nitrogen and oxygen atoms in total. The molecule has 0 fully saturated rings. The van der Waals surface area contributed by atoms with E-state index < -0.39 is 5.97 Å². The highest BCUT2D eigenvalue weighted by molar-refractivity contribution is 6.05. The van der Waals surface area contributed by atoms with Crippen molar-refractivity contribution in [2.24, 2.45) is 7.05 Å². The summed E-state index contributed by atoms with van der Waals surface area (Å²) in [6.07, 6.45) is 0. The van der Waals surface area contributed by atoms with Crippen molar-refractivity contribution in [2.45, 2.75) is 6.92 Å². The van der Waals surface area contributed by atoms with E-state index in [0.29, 0.717) is 11.0 Å². The van der Waals surface area contributed by atoms with Gasteiger partial charge in [-0.15, -0.1) is 5.10 Å². The number of rotatable bonds is 2. The minimum atomic E-state index is -0.582. The van der Waals surface area contributed by atoms with E-state index in [-0.39, 0.29) is 18.0 Å². The van der Waals surface area contributed by atoms with Gasteiger partial charge in [0.05, 0.1) is 12.1 Å². The van der Waals surface area contributed by atoms with Crippen molar-refractivity contribution in [2.75, 3.05) is 6.61 Å². The maximum atomic E-state index is 12.2. The van der Waals surface area contributed by atoms with Crippen molar-refractivity contribution >= 4 is 22.4 Å². The molecule has 0 bridgehead atoms. The summed E-state index contributed by atoms with van der Waals surface area (Å²) in [5.41, 5.74) is 0.780. The molecule has 7 heteroatoms. The number of nitrogens with zero attached hydrogens (tertiary/aromatic N) is 4. The van der Waals surface area contributed by atoms with Crippen molar-refractivity contribution in [3.63, 3.8) is 0 Å². The van der Waals surface area contributed by atoms with Crippen LogP contribution in [0, 0.1) is 0 Å². The fraction of sp³-hybridized carbons (Fsp3) is 0.231. The molecule has 0 aliphatic carbocycles. The molecule has 1 aromatic carbocycles. The van der Waals surface area contributed by atoms with Gasteiger partial charge in [-0.3, -0.25) is 4.57 Å². The lowest BCUT2D eigenvalue weighted by Crippen LogP contribution is -2.25. The van der Waals surface area contributed by atoms with Gasteiger partial charge in [-0.25, -0.2) is 9.59 Å². The summed E-state index contributed by atoms with van der Waals surface area (Å²) in [4.78, 5) is 24.1. The number of aryl methyl sites for hydroxylation is 1.